The predicted molar refractivity (Wildman–Crippen MR) is 143 cm³/mol. The first kappa shape index (κ1) is 21.4. The molecule has 0 spiro atoms. The van der Waals surface area contributed by atoms with Crippen LogP contribution in [0, 0.1) is 6.92 Å². The summed E-state index contributed by atoms with van der Waals surface area (Å²) in [6.07, 6.45) is 7.25. The Bertz CT molecular complexity index is 1730. The third kappa shape index (κ3) is 3.35. The van der Waals surface area contributed by atoms with Crippen LogP contribution in [0.2, 0.25) is 0 Å². The van der Waals surface area contributed by atoms with E-state index in [0.717, 1.165) is 62.7 Å². The first-order valence-corrected chi connectivity index (χ1v) is 13.1. The number of nitrogens with zero attached hydrogens (tertiary/aromatic N) is 5. The van der Waals surface area contributed by atoms with Crippen LogP contribution in [0.3, 0.4) is 0 Å². The SMILES string of the molecule is Cc1nc(-c2nn(-c3ccc(C4(N)CCC4)cc3)c3c4cc(-c5ccccc5)cnc4cc[n+]23)cs1. The Morgan fingerprint density at radius 1 is 1.00 bits per heavy atom. The van der Waals surface area contributed by atoms with Crippen molar-refractivity contribution in [3.63, 3.8) is 0 Å². The summed E-state index contributed by atoms with van der Waals surface area (Å²) in [5.74, 6) is 0.805. The molecule has 2 aromatic carbocycles. The van der Waals surface area contributed by atoms with Gasteiger partial charge in [-0.25, -0.2) is 4.98 Å². The molecule has 0 unspecified atom stereocenters. The van der Waals surface area contributed by atoms with Gasteiger partial charge in [-0.15, -0.1) is 11.3 Å². The van der Waals surface area contributed by atoms with Crippen molar-refractivity contribution < 1.29 is 4.40 Å². The largest absolute Gasteiger partial charge is 0.333 e. The van der Waals surface area contributed by atoms with Crippen LogP contribution in [0.5, 0.6) is 0 Å². The first-order chi connectivity index (χ1) is 17.6. The minimum Gasteiger partial charge on any atom is -0.321 e. The summed E-state index contributed by atoms with van der Waals surface area (Å²) in [6.45, 7) is 2.02. The van der Waals surface area contributed by atoms with Gasteiger partial charge in [-0.1, -0.05) is 47.1 Å². The molecular formula is C29H25N6S+. The van der Waals surface area contributed by atoms with E-state index in [1.807, 2.05) is 36.1 Å². The topological polar surface area (TPSA) is 73.7 Å². The van der Waals surface area contributed by atoms with Crippen molar-refractivity contribution in [3.8, 4) is 28.3 Å². The number of nitrogens with two attached hydrogens (primary N) is 1. The smallest absolute Gasteiger partial charge is 0.321 e. The minimum absolute atomic E-state index is 0.191. The molecule has 0 amide bonds. The lowest BCUT2D eigenvalue weighted by Crippen LogP contribution is -2.43. The fraction of sp³-hybridized carbons (Fsp3) is 0.172. The quantitative estimate of drug-likeness (QED) is 0.327. The zero-order valence-corrected chi connectivity index (χ0v) is 20.7. The molecule has 0 bridgehead atoms. The van der Waals surface area contributed by atoms with Gasteiger partial charge in [0, 0.05) is 22.7 Å². The van der Waals surface area contributed by atoms with E-state index in [4.69, 9.17) is 20.8 Å². The van der Waals surface area contributed by atoms with Crippen molar-refractivity contribution in [2.45, 2.75) is 31.7 Å². The van der Waals surface area contributed by atoms with Gasteiger partial charge in [0.15, 0.2) is 5.69 Å². The Labute approximate surface area is 212 Å². The van der Waals surface area contributed by atoms with Gasteiger partial charge in [0.05, 0.1) is 27.2 Å². The van der Waals surface area contributed by atoms with Crippen molar-refractivity contribution in [2.75, 3.05) is 0 Å². The molecule has 1 fully saturated rings. The van der Waals surface area contributed by atoms with E-state index < -0.39 is 0 Å². The molecule has 7 heteroatoms. The molecule has 4 aromatic heterocycles. The monoisotopic (exact) mass is 489 g/mol. The van der Waals surface area contributed by atoms with Crippen LogP contribution in [0.25, 0.3) is 44.9 Å². The number of hydrogen-bond acceptors (Lipinski definition) is 5. The number of aryl methyl sites for hydroxylation is 1. The van der Waals surface area contributed by atoms with Gasteiger partial charge in [0.1, 0.15) is 5.69 Å². The first-order valence-electron chi connectivity index (χ1n) is 12.2. The maximum Gasteiger partial charge on any atom is 0.333 e. The molecule has 1 aliphatic carbocycles. The second-order valence-electron chi connectivity index (χ2n) is 9.58. The lowest BCUT2D eigenvalue weighted by molar-refractivity contribution is -0.498. The molecule has 176 valence electrons. The molecule has 0 saturated heterocycles. The summed E-state index contributed by atoms with van der Waals surface area (Å²) in [5, 5.41) is 9.20. The van der Waals surface area contributed by atoms with Crippen molar-refractivity contribution in [1.29, 1.82) is 0 Å². The van der Waals surface area contributed by atoms with Crippen LogP contribution in [-0.4, -0.2) is 19.7 Å². The zero-order valence-electron chi connectivity index (χ0n) is 19.9. The Kier molecular flexibility index (Phi) is 4.77. The maximum absolute atomic E-state index is 6.59. The Morgan fingerprint density at radius 3 is 2.50 bits per heavy atom. The average molecular weight is 490 g/mol. The van der Waals surface area contributed by atoms with Gasteiger partial charge in [-0.3, -0.25) is 4.98 Å². The van der Waals surface area contributed by atoms with E-state index in [0.29, 0.717) is 0 Å². The number of pyridine rings is 2. The molecule has 0 atom stereocenters. The number of benzene rings is 2. The zero-order chi connectivity index (χ0) is 24.3. The van der Waals surface area contributed by atoms with Crippen molar-refractivity contribution >= 4 is 27.9 Å². The Hall–Kier alpha value is -3.94. The van der Waals surface area contributed by atoms with E-state index in [1.54, 1.807) is 11.3 Å². The van der Waals surface area contributed by atoms with Crippen LogP contribution in [0.15, 0.2) is 84.5 Å². The molecule has 0 aliphatic heterocycles. The summed E-state index contributed by atoms with van der Waals surface area (Å²) in [5.41, 5.74) is 13.5. The molecule has 6 aromatic rings. The van der Waals surface area contributed by atoms with Gasteiger partial charge in [0.25, 0.3) is 5.65 Å². The van der Waals surface area contributed by atoms with Crippen LogP contribution in [-0.2, 0) is 5.54 Å². The molecular weight excluding hydrogens is 464 g/mol. The van der Waals surface area contributed by atoms with Crippen molar-refractivity contribution in [2.24, 2.45) is 5.73 Å². The lowest BCUT2D eigenvalue weighted by Gasteiger charge is -2.38. The minimum atomic E-state index is -0.191. The van der Waals surface area contributed by atoms with Crippen LogP contribution in [0.4, 0.5) is 0 Å². The number of rotatable bonds is 4. The van der Waals surface area contributed by atoms with E-state index in [1.165, 1.54) is 12.0 Å². The van der Waals surface area contributed by atoms with E-state index in [2.05, 4.69) is 64.4 Å². The molecule has 6 nitrogen and oxygen atoms in total. The highest BCUT2D eigenvalue weighted by Gasteiger charge is 2.34. The average Bonchev–Trinajstić information content (AvgIpc) is 3.51. The van der Waals surface area contributed by atoms with Crippen LogP contribution >= 0.6 is 11.3 Å². The van der Waals surface area contributed by atoms with Crippen LogP contribution in [0.1, 0.15) is 29.8 Å². The van der Waals surface area contributed by atoms with Gasteiger partial charge < -0.3 is 5.73 Å². The van der Waals surface area contributed by atoms with Crippen molar-refractivity contribution in [1.82, 2.24) is 19.7 Å². The summed E-state index contributed by atoms with van der Waals surface area (Å²) in [4.78, 5) is 9.55. The van der Waals surface area contributed by atoms with Crippen molar-refractivity contribution in [3.05, 3.63) is 95.1 Å². The standard InChI is InChI=1S/C29H25N6S/c1-19-32-26(18-36-19)27-33-35(23-10-8-22(9-11-23)29(30)13-5-14-29)28-24-16-21(20-6-3-2-4-7-20)17-31-25(24)12-15-34(27)28/h2-4,6-12,15-18H,5,13-14,30H2,1H3/q+1. The molecule has 1 aliphatic rings. The fourth-order valence-corrected chi connectivity index (χ4v) is 5.69. The van der Waals surface area contributed by atoms with Gasteiger partial charge in [0.2, 0.25) is 0 Å². The highest BCUT2D eigenvalue weighted by molar-refractivity contribution is 7.09. The highest BCUT2D eigenvalue weighted by Crippen LogP contribution is 2.39. The maximum atomic E-state index is 6.59. The molecule has 1 saturated carbocycles. The van der Waals surface area contributed by atoms with Gasteiger partial charge in [-0.2, -0.15) is 4.40 Å². The highest BCUT2D eigenvalue weighted by atomic mass is 32.1. The molecule has 36 heavy (non-hydrogen) atoms. The van der Waals surface area contributed by atoms with Crippen LogP contribution < -0.4 is 10.1 Å². The number of hydrogen-bond donors (Lipinski definition) is 1. The number of thiazole rings is 1. The summed E-state index contributed by atoms with van der Waals surface area (Å²) >= 11 is 1.63. The molecule has 2 N–H and O–H groups in total. The van der Waals surface area contributed by atoms with E-state index in [-0.39, 0.29) is 5.54 Å². The predicted octanol–water partition coefficient (Wildman–Crippen LogP) is 5.60. The summed E-state index contributed by atoms with van der Waals surface area (Å²) in [6, 6.07) is 23.2. The fourth-order valence-electron chi connectivity index (χ4n) is 5.10. The van der Waals surface area contributed by atoms with Gasteiger partial charge in [-0.05, 0) is 61.6 Å². The molecule has 0 radical (unpaired) electrons. The second kappa shape index (κ2) is 8.05. The number of aromatic nitrogens is 5. The Balaban J connectivity index is 1.48. The van der Waals surface area contributed by atoms with E-state index in [9.17, 15) is 0 Å². The van der Waals surface area contributed by atoms with Gasteiger partial charge >= 0.3 is 5.82 Å². The second-order valence-corrected chi connectivity index (χ2v) is 10.6. The summed E-state index contributed by atoms with van der Waals surface area (Å²) < 4.78 is 4.13. The third-order valence-corrected chi connectivity index (χ3v) is 8.05. The lowest BCUT2D eigenvalue weighted by atomic mass is 9.73. The Morgan fingerprint density at radius 2 is 1.81 bits per heavy atom. The van der Waals surface area contributed by atoms with E-state index >= 15 is 0 Å². The molecule has 7 rings (SSSR count). The third-order valence-electron chi connectivity index (χ3n) is 7.28. The normalized spacial score (nSPS) is 14.8. The summed E-state index contributed by atoms with van der Waals surface area (Å²) in [7, 11) is 0. The number of fused-ring (bicyclic) bond motifs is 3. The molecule has 4 heterocycles.